The summed E-state index contributed by atoms with van der Waals surface area (Å²) in [4.78, 5) is 49.8. The number of Topliss-reactive ketones (excluding diaryl/α,β-unsaturated/α-hetero) is 1. The predicted molar refractivity (Wildman–Crippen MR) is 175 cm³/mol. The van der Waals surface area contributed by atoms with Crippen LogP contribution in [0.4, 0.5) is 10.1 Å². The first-order valence-electron chi connectivity index (χ1n) is 15.0. The molecule has 1 fully saturated rings. The molecule has 1 aliphatic heterocycles. The van der Waals surface area contributed by atoms with Gasteiger partial charge < -0.3 is 29.3 Å². The first-order valence-corrected chi connectivity index (χ1v) is 15.0. The molecular weight excluding hydrogens is 605 g/mol. The number of rotatable bonds is 11. The Hall–Kier alpha value is -5.55. The Morgan fingerprint density at radius 2 is 1.38 bits per heavy atom. The zero-order chi connectivity index (χ0) is 33.8. The van der Waals surface area contributed by atoms with E-state index in [-0.39, 0.29) is 23.4 Å². The highest BCUT2D eigenvalue weighted by atomic mass is 19.1. The summed E-state index contributed by atoms with van der Waals surface area (Å²) in [5.74, 6) is -2.18. The molecule has 5 rings (SSSR count). The van der Waals surface area contributed by atoms with Crippen LogP contribution in [0.25, 0.3) is 5.69 Å². The lowest BCUT2D eigenvalue weighted by atomic mass is 9.89. The third-order valence-corrected chi connectivity index (χ3v) is 7.74. The van der Waals surface area contributed by atoms with Crippen molar-refractivity contribution in [3.8, 4) is 11.4 Å². The molecule has 0 spiro atoms. The number of methoxy groups -OCH3 is 1. The molecule has 1 aliphatic rings. The zero-order valence-corrected chi connectivity index (χ0v) is 25.9. The Morgan fingerprint density at radius 1 is 0.830 bits per heavy atom. The molecule has 47 heavy (non-hydrogen) atoms. The summed E-state index contributed by atoms with van der Waals surface area (Å²) in [5.41, 5.74) is 2.97. The van der Waals surface area contributed by atoms with E-state index in [1.165, 1.54) is 12.1 Å². The molecule has 0 unspecified atom stereocenters. The number of nitrogens with zero attached hydrogens (tertiary/aromatic N) is 3. The van der Waals surface area contributed by atoms with Gasteiger partial charge in [-0.25, -0.2) is 14.0 Å². The highest BCUT2D eigenvalue weighted by Gasteiger charge is 2.27. The first-order chi connectivity index (χ1) is 22.6. The molecule has 4 aromatic rings. The lowest BCUT2D eigenvalue weighted by molar-refractivity contribution is -0.134. The topological polar surface area (TPSA) is 129 Å². The Labute approximate surface area is 271 Å². The van der Waals surface area contributed by atoms with Crippen LogP contribution in [0.5, 0.6) is 5.75 Å². The van der Waals surface area contributed by atoms with Gasteiger partial charge in [0, 0.05) is 66.1 Å². The van der Waals surface area contributed by atoms with Crippen LogP contribution in [0.2, 0.25) is 0 Å². The highest BCUT2D eigenvalue weighted by Crippen LogP contribution is 2.24. The maximum Gasteiger partial charge on any atom is 0.328 e. The number of halogens is 1. The molecule has 0 saturated carbocycles. The number of anilines is 1. The second-order valence-corrected chi connectivity index (χ2v) is 10.8. The van der Waals surface area contributed by atoms with Crippen molar-refractivity contribution in [1.29, 1.82) is 0 Å². The van der Waals surface area contributed by atoms with Gasteiger partial charge in [-0.2, -0.15) is 0 Å². The molecule has 1 amide bonds. The minimum absolute atomic E-state index is 0.0650. The van der Waals surface area contributed by atoms with Gasteiger partial charge in [0.1, 0.15) is 11.6 Å². The van der Waals surface area contributed by atoms with E-state index >= 15 is 0 Å². The Balaban J connectivity index is 0.000000555. The normalized spacial score (nSPS) is 13.4. The van der Waals surface area contributed by atoms with Crippen molar-refractivity contribution in [1.82, 2.24) is 9.47 Å². The van der Waals surface area contributed by atoms with E-state index in [4.69, 9.17) is 14.9 Å². The second kappa shape index (κ2) is 16.7. The minimum Gasteiger partial charge on any atom is -0.497 e. The molecule has 1 saturated heterocycles. The van der Waals surface area contributed by atoms with Crippen LogP contribution >= 0.6 is 0 Å². The standard InChI is InChI=1S/C32H32FN3O3.C4H4O4/c1-39-30-14-12-29(13-15-30)36(32(38)26-6-10-28(11-7-26)35-18-2-3-19-35)23-22-34-20-16-25(17-21-34)31(37)24-4-8-27(33)9-5-24;5-3(6)1-2-4(7)8/h2-15,18-19,25H,16-17,20-23H2,1H3;1-2H,(H,5,6)(H,7,8). The number of carbonyl (C=O) groups is 4. The molecule has 0 atom stereocenters. The summed E-state index contributed by atoms with van der Waals surface area (Å²) < 4.78 is 20.5. The Kier molecular flexibility index (Phi) is 12.2. The average molecular weight is 642 g/mol. The number of aliphatic carboxylic acids is 2. The van der Waals surface area contributed by atoms with Crippen molar-refractivity contribution in [3.63, 3.8) is 0 Å². The number of likely N-dealkylation sites (tertiary alicyclic amines) is 1. The molecular formula is C36H36FN3O7. The van der Waals surface area contributed by atoms with Gasteiger partial charge in [0.2, 0.25) is 0 Å². The number of hydrogen-bond donors (Lipinski definition) is 2. The molecule has 3 aromatic carbocycles. The number of benzene rings is 3. The fourth-order valence-electron chi connectivity index (χ4n) is 5.20. The maximum atomic E-state index is 13.7. The van der Waals surface area contributed by atoms with Gasteiger partial charge in [-0.05, 0) is 111 Å². The maximum absolute atomic E-state index is 13.7. The summed E-state index contributed by atoms with van der Waals surface area (Å²) in [6.45, 7) is 2.75. The summed E-state index contributed by atoms with van der Waals surface area (Å²) in [5, 5.41) is 15.6. The molecule has 2 heterocycles. The van der Waals surface area contributed by atoms with Crippen LogP contribution in [0.1, 0.15) is 33.6 Å². The van der Waals surface area contributed by atoms with Crippen LogP contribution < -0.4 is 9.64 Å². The number of aromatic nitrogens is 1. The molecule has 11 heteroatoms. The largest absolute Gasteiger partial charge is 0.497 e. The van der Waals surface area contributed by atoms with Crippen LogP contribution in [-0.4, -0.2) is 76.6 Å². The number of ether oxygens (including phenoxy) is 1. The minimum atomic E-state index is -1.26. The molecule has 0 radical (unpaired) electrons. The van der Waals surface area contributed by atoms with E-state index in [9.17, 15) is 23.6 Å². The number of ketones is 1. The van der Waals surface area contributed by atoms with E-state index < -0.39 is 11.9 Å². The van der Waals surface area contributed by atoms with Crippen LogP contribution in [-0.2, 0) is 9.59 Å². The summed E-state index contributed by atoms with van der Waals surface area (Å²) in [6, 6.07) is 24.9. The fourth-order valence-corrected chi connectivity index (χ4v) is 5.20. The molecule has 1 aromatic heterocycles. The number of hydrogen-bond acceptors (Lipinski definition) is 6. The van der Waals surface area contributed by atoms with Crippen molar-refractivity contribution in [3.05, 3.63) is 126 Å². The quantitative estimate of drug-likeness (QED) is 0.161. The van der Waals surface area contributed by atoms with Crippen LogP contribution in [0, 0.1) is 11.7 Å². The summed E-state index contributed by atoms with van der Waals surface area (Å²) >= 11 is 0. The Bertz CT molecular complexity index is 1650. The van der Waals surface area contributed by atoms with Gasteiger partial charge in [-0.1, -0.05) is 0 Å². The van der Waals surface area contributed by atoms with Crippen molar-refractivity contribution in [2.45, 2.75) is 12.8 Å². The zero-order valence-electron chi connectivity index (χ0n) is 25.9. The fraction of sp³-hybridized carbons (Fsp3) is 0.222. The monoisotopic (exact) mass is 641 g/mol. The lowest BCUT2D eigenvalue weighted by Gasteiger charge is -2.33. The van der Waals surface area contributed by atoms with Gasteiger partial charge in [0.05, 0.1) is 7.11 Å². The molecule has 0 aliphatic carbocycles. The first kappa shape index (κ1) is 34.3. The molecule has 2 N–H and O–H groups in total. The van der Waals surface area contributed by atoms with Crippen molar-refractivity contribution >= 4 is 29.3 Å². The van der Waals surface area contributed by atoms with Gasteiger partial charge >= 0.3 is 11.9 Å². The number of amides is 1. The smallest absolute Gasteiger partial charge is 0.328 e. The van der Waals surface area contributed by atoms with Crippen molar-refractivity contribution < 1.29 is 38.5 Å². The van der Waals surface area contributed by atoms with E-state index in [1.54, 1.807) is 24.1 Å². The SMILES string of the molecule is COc1ccc(N(CCN2CCC(C(=O)c3ccc(F)cc3)CC2)C(=O)c2ccc(-n3cccc3)cc2)cc1.O=C(O)C=CC(=O)O. The summed E-state index contributed by atoms with van der Waals surface area (Å²) in [6.07, 6.45) is 6.54. The summed E-state index contributed by atoms with van der Waals surface area (Å²) in [7, 11) is 1.62. The average Bonchev–Trinajstić information content (AvgIpc) is 3.64. The molecule has 10 nitrogen and oxygen atoms in total. The third-order valence-electron chi connectivity index (χ3n) is 7.74. The van der Waals surface area contributed by atoms with Crippen molar-refractivity contribution in [2.75, 3.05) is 38.2 Å². The number of carbonyl (C=O) groups excluding carboxylic acids is 2. The van der Waals surface area contributed by atoms with E-state index in [1.807, 2.05) is 77.6 Å². The lowest BCUT2D eigenvalue weighted by Crippen LogP contribution is -2.42. The third kappa shape index (κ3) is 9.97. The van der Waals surface area contributed by atoms with Crippen molar-refractivity contribution in [2.24, 2.45) is 5.92 Å². The highest BCUT2D eigenvalue weighted by molar-refractivity contribution is 6.06. The van der Waals surface area contributed by atoms with Gasteiger partial charge in [-0.3, -0.25) is 9.59 Å². The number of piperidine rings is 1. The Morgan fingerprint density at radius 3 is 1.91 bits per heavy atom. The van der Waals surface area contributed by atoms with E-state index in [2.05, 4.69) is 4.90 Å². The molecule has 244 valence electrons. The van der Waals surface area contributed by atoms with Gasteiger partial charge in [0.15, 0.2) is 5.78 Å². The van der Waals surface area contributed by atoms with E-state index in [0.717, 1.165) is 43.1 Å². The predicted octanol–water partition coefficient (Wildman–Crippen LogP) is 5.58. The van der Waals surface area contributed by atoms with Gasteiger partial charge in [0.25, 0.3) is 5.91 Å². The number of carboxylic acid groups (broad SMARTS) is 2. The van der Waals surface area contributed by atoms with Gasteiger partial charge in [-0.15, -0.1) is 0 Å². The molecule has 0 bridgehead atoms. The van der Waals surface area contributed by atoms with E-state index in [0.29, 0.717) is 36.4 Å². The second-order valence-electron chi connectivity index (χ2n) is 10.8. The number of carboxylic acids is 2. The van der Waals surface area contributed by atoms with Crippen LogP contribution in [0.15, 0.2) is 109 Å². The van der Waals surface area contributed by atoms with Crippen LogP contribution in [0.3, 0.4) is 0 Å².